The molecule has 0 saturated carbocycles. The van der Waals surface area contributed by atoms with E-state index in [9.17, 15) is 4.79 Å². The van der Waals surface area contributed by atoms with Crippen molar-refractivity contribution >= 4 is 5.97 Å². The van der Waals surface area contributed by atoms with E-state index in [0.717, 1.165) is 0 Å². The van der Waals surface area contributed by atoms with Crippen LogP contribution in [0.2, 0.25) is 0 Å². The highest BCUT2D eigenvalue weighted by molar-refractivity contribution is 5.77. The highest BCUT2D eigenvalue weighted by atomic mass is 16.5. The van der Waals surface area contributed by atoms with Gasteiger partial charge in [-0.25, -0.2) is 0 Å². The predicted octanol–water partition coefficient (Wildman–Crippen LogP) is 3.38. The van der Waals surface area contributed by atoms with Gasteiger partial charge in [0.25, 0.3) is 0 Å². The third-order valence-corrected chi connectivity index (χ3v) is 3.18. The van der Waals surface area contributed by atoms with Crippen molar-refractivity contribution in [2.24, 2.45) is 5.41 Å². The van der Waals surface area contributed by atoms with E-state index in [1.54, 1.807) is 0 Å². The number of hydrogen-bond donors (Lipinski definition) is 0. The molecule has 0 radical (unpaired) electrons. The first-order chi connectivity index (χ1) is 7.50. The number of rotatable bonds is 4. The van der Waals surface area contributed by atoms with E-state index in [-0.39, 0.29) is 11.9 Å². The Bertz CT molecular complexity index is 341. The lowest BCUT2D eigenvalue weighted by molar-refractivity contribution is -0.154. The van der Waals surface area contributed by atoms with Crippen molar-refractivity contribution in [1.82, 2.24) is 0 Å². The van der Waals surface area contributed by atoms with Crippen molar-refractivity contribution in [2.45, 2.75) is 33.6 Å². The topological polar surface area (TPSA) is 26.3 Å². The molecule has 1 aromatic carbocycles. The summed E-state index contributed by atoms with van der Waals surface area (Å²) in [6.45, 7) is 8.20. The second-order valence-corrected chi connectivity index (χ2v) is 4.57. The average molecular weight is 220 g/mol. The van der Waals surface area contributed by atoms with E-state index in [1.807, 2.05) is 51.1 Å². The molecule has 16 heavy (non-hydrogen) atoms. The Morgan fingerprint density at radius 2 is 1.88 bits per heavy atom. The summed E-state index contributed by atoms with van der Waals surface area (Å²) in [5.41, 5.74) is 0.678. The summed E-state index contributed by atoms with van der Waals surface area (Å²) in [7, 11) is 0. The van der Waals surface area contributed by atoms with Gasteiger partial charge in [0, 0.05) is 0 Å². The molecule has 0 spiro atoms. The Morgan fingerprint density at radius 3 is 2.38 bits per heavy atom. The van der Waals surface area contributed by atoms with Gasteiger partial charge in [0.05, 0.1) is 12.0 Å². The molecule has 0 fully saturated rings. The first-order valence-corrected chi connectivity index (χ1v) is 5.72. The molecule has 0 bridgehead atoms. The second-order valence-electron chi connectivity index (χ2n) is 4.57. The molecule has 0 aliphatic carbocycles. The van der Waals surface area contributed by atoms with Crippen molar-refractivity contribution in [3.8, 4) is 0 Å². The summed E-state index contributed by atoms with van der Waals surface area (Å²) in [6.07, 6.45) is 0. The molecule has 0 heterocycles. The summed E-state index contributed by atoms with van der Waals surface area (Å²) < 4.78 is 5.11. The fourth-order valence-electron chi connectivity index (χ4n) is 1.65. The fourth-order valence-corrected chi connectivity index (χ4v) is 1.65. The minimum atomic E-state index is -0.489. The quantitative estimate of drug-likeness (QED) is 0.727. The summed E-state index contributed by atoms with van der Waals surface area (Å²) >= 11 is 0. The van der Waals surface area contributed by atoms with Crippen molar-refractivity contribution in [2.75, 3.05) is 6.61 Å². The van der Waals surface area contributed by atoms with Crippen molar-refractivity contribution < 1.29 is 9.53 Å². The van der Waals surface area contributed by atoms with Crippen molar-refractivity contribution in [1.29, 1.82) is 0 Å². The molecule has 2 nitrogen and oxygen atoms in total. The first-order valence-electron chi connectivity index (χ1n) is 5.72. The minimum absolute atomic E-state index is 0.133. The van der Waals surface area contributed by atoms with E-state index < -0.39 is 5.41 Å². The first kappa shape index (κ1) is 12.8. The van der Waals surface area contributed by atoms with Crippen LogP contribution in [0.15, 0.2) is 30.3 Å². The van der Waals surface area contributed by atoms with Crippen molar-refractivity contribution in [3.05, 3.63) is 35.9 Å². The normalized spacial score (nSPS) is 13.2. The summed E-state index contributed by atoms with van der Waals surface area (Å²) in [5, 5.41) is 0. The molecule has 0 saturated heterocycles. The van der Waals surface area contributed by atoms with Crippen LogP contribution >= 0.6 is 0 Å². The molecule has 0 N–H and O–H groups in total. The van der Waals surface area contributed by atoms with Crippen molar-refractivity contribution in [3.63, 3.8) is 0 Å². The lowest BCUT2D eigenvalue weighted by Gasteiger charge is -2.29. The Balaban J connectivity index is 2.87. The molecule has 0 aliphatic heterocycles. The fraction of sp³-hybridized carbons (Fsp3) is 0.500. The number of hydrogen-bond acceptors (Lipinski definition) is 2. The number of esters is 1. The second kappa shape index (κ2) is 5.15. The number of ether oxygens (including phenoxy) is 1. The molecular weight excluding hydrogens is 200 g/mol. The maximum absolute atomic E-state index is 11.9. The molecule has 1 unspecified atom stereocenters. The van der Waals surface area contributed by atoms with Gasteiger partial charge < -0.3 is 4.74 Å². The maximum atomic E-state index is 11.9. The highest BCUT2D eigenvalue weighted by Crippen LogP contribution is 2.36. The van der Waals surface area contributed by atoms with Gasteiger partial charge in [0.1, 0.15) is 0 Å². The van der Waals surface area contributed by atoms with Crippen LogP contribution in [0.4, 0.5) is 0 Å². The molecule has 0 aromatic heterocycles. The summed E-state index contributed by atoms with van der Waals surface area (Å²) in [6, 6.07) is 10.1. The van der Waals surface area contributed by atoms with Gasteiger partial charge in [-0.1, -0.05) is 37.3 Å². The average Bonchev–Trinajstić information content (AvgIpc) is 2.29. The van der Waals surface area contributed by atoms with Gasteiger partial charge in [-0.15, -0.1) is 0 Å². The molecule has 1 rings (SSSR count). The number of carbonyl (C=O) groups is 1. The van der Waals surface area contributed by atoms with E-state index >= 15 is 0 Å². The van der Waals surface area contributed by atoms with Gasteiger partial charge >= 0.3 is 5.97 Å². The summed E-state index contributed by atoms with van der Waals surface area (Å²) in [4.78, 5) is 11.9. The highest BCUT2D eigenvalue weighted by Gasteiger charge is 2.36. The maximum Gasteiger partial charge on any atom is 0.312 e. The molecular formula is C14H20O2. The van der Waals surface area contributed by atoms with E-state index in [2.05, 4.69) is 6.92 Å². The van der Waals surface area contributed by atoms with Gasteiger partial charge in [-0.2, -0.15) is 0 Å². The Hall–Kier alpha value is -1.31. The van der Waals surface area contributed by atoms with Gasteiger partial charge in [-0.05, 0) is 32.3 Å². The van der Waals surface area contributed by atoms with E-state index in [0.29, 0.717) is 6.61 Å². The molecule has 0 amide bonds. The molecule has 0 aliphatic rings. The van der Waals surface area contributed by atoms with Gasteiger partial charge in [-0.3, -0.25) is 4.79 Å². The zero-order chi connectivity index (χ0) is 12.2. The zero-order valence-corrected chi connectivity index (χ0v) is 10.5. The van der Waals surface area contributed by atoms with Gasteiger partial charge in [0.2, 0.25) is 0 Å². The smallest absolute Gasteiger partial charge is 0.312 e. The van der Waals surface area contributed by atoms with Crippen LogP contribution in [0.5, 0.6) is 0 Å². The lowest BCUT2D eigenvalue weighted by Crippen LogP contribution is -2.32. The molecule has 2 heteroatoms. The number of carbonyl (C=O) groups excluding carboxylic acids is 1. The molecule has 88 valence electrons. The molecule has 1 aromatic rings. The van der Waals surface area contributed by atoms with E-state index in [1.165, 1.54) is 5.56 Å². The Labute approximate surface area is 97.6 Å². The predicted molar refractivity (Wildman–Crippen MR) is 65.3 cm³/mol. The van der Waals surface area contributed by atoms with E-state index in [4.69, 9.17) is 4.74 Å². The Kier molecular flexibility index (Phi) is 4.11. The zero-order valence-electron chi connectivity index (χ0n) is 10.5. The third-order valence-electron chi connectivity index (χ3n) is 3.18. The van der Waals surface area contributed by atoms with Crippen LogP contribution in [0.25, 0.3) is 0 Å². The standard InChI is InChI=1S/C14H20O2/c1-5-16-13(15)14(3,4)11(2)12-9-7-6-8-10-12/h6-11H,5H2,1-4H3. The lowest BCUT2D eigenvalue weighted by atomic mass is 9.76. The minimum Gasteiger partial charge on any atom is -0.466 e. The third kappa shape index (κ3) is 2.63. The Morgan fingerprint density at radius 1 is 1.31 bits per heavy atom. The van der Waals surface area contributed by atoms with Crippen LogP contribution in [-0.4, -0.2) is 12.6 Å². The van der Waals surface area contributed by atoms with Crippen LogP contribution < -0.4 is 0 Å². The van der Waals surface area contributed by atoms with Crippen LogP contribution in [-0.2, 0) is 9.53 Å². The molecule has 1 atom stereocenters. The van der Waals surface area contributed by atoms with Crippen LogP contribution in [0, 0.1) is 5.41 Å². The SMILES string of the molecule is CCOC(=O)C(C)(C)C(C)c1ccccc1. The van der Waals surface area contributed by atoms with Gasteiger partial charge in [0.15, 0.2) is 0 Å². The largest absolute Gasteiger partial charge is 0.466 e. The monoisotopic (exact) mass is 220 g/mol. The van der Waals surface area contributed by atoms with Crippen LogP contribution in [0.3, 0.4) is 0 Å². The van der Waals surface area contributed by atoms with Crippen LogP contribution in [0.1, 0.15) is 39.2 Å². The summed E-state index contributed by atoms with van der Waals surface area (Å²) in [5.74, 6) is 0.0131. The number of benzene rings is 1.